The molecule has 0 fully saturated rings. The minimum Gasteiger partial charge on any atom is -0.465 e. The molecule has 0 bridgehead atoms. The normalized spacial score (nSPS) is 13.4. The second-order valence-electron chi connectivity index (χ2n) is 5.27. The van der Waals surface area contributed by atoms with E-state index in [-0.39, 0.29) is 11.5 Å². The first-order valence-electron chi connectivity index (χ1n) is 7.85. The Kier molecular flexibility index (Phi) is 9.16. The number of unbranched alkanes of at least 4 members (excludes halogenated alkanes) is 3. The quantitative estimate of drug-likeness (QED) is 0.448. The van der Waals surface area contributed by atoms with Crippen LogP contribution in [0.5, 0.6) is 11.5 Å². The second-order valence-corrected chi connectivity index (χ2v) is 6.06. The van der Waals surface area contributed by atoms with Gasteiger partial charge < -0.3 is 20.9 Å². The van der Waals surface area contributed by atoms with Crippen molar-refractivity contribution in [3.05, 3.63) is 29.8 Å². The smallest absolute Gasteiger partial charge is 0.274 e. The fourth-order valence-corrected chi connectivity index (χ4v) is 2.10. The summed E-state index contributed by atoms with van der Waals surface area (Å²) in [5.74, 6) is -1.13. The van der Waals surface area contributed by atoms with Gasteiger partial charge in [0, 0.05) is 11.6 Å². The molecule has 2 amide bonds. The number of allylic oxidation sites excluding steroid dienone is 1. The maximum Gasteiger partial charge on any atom is 0.274 e. The molecule has 6 nitrogen and oxygen atoms in total. The van der Waals surface area contributed by atoms with Crippen molar-refractivity contribution in [2.24, 2.45) is 11.5 Å². The van der Waals surface area contributed by atoms with Crippen LogP contribution in [0.15, 0.2) is 24.3 Å². The monoisotopic (exact) mass is 388 g/mol. The van der Waals surface area contributed by atoms with Crippen LogP contribution in [0.25, 0.3) is 6.08 Å². The zero-order chi connectivity index (χ0) is 18.8. The van der Waals surface area contributed by atoms with E-state index < -0.39 is 22.9 Å². The second kappa shape index (κ2) is 10.8. The zero-order valence-electron chi connectivity index (χ0n) is 13.9. The highest BCUT2D eigenvalue weighted by Gasteiger charge is 2.17. The average molecular weight is 389 g/mol. The summed E-state index contributed by atoms with van der Waals surface area (Å²) in [6, 6.07) is 4.75. The van der Waals surface area contributed by atoms with Gasteiger partial charge in [0.15, 0.2) is 0 Å². The Morgan fingerprint density at radius 2 is 1.76 bits per heavy atom. The van der Waals surface area contributed by atoms with Gasteiger partial charge in [-0.1, -0.05) is 55.1 Å². The van der Waals surface area contributed by atoms with Gasteiger partial charge in [0.05, 0.1) is 0 Å². The number of hydrogen-bond acceptors (Lipinski definition) is 4. The minimum absolute atomic E-state index is 0.241. The highest BCUT2D eigenvalue weighted by molar-refractivity contribution is 6.30. The van der Waals surface area contributed by atoms with Crippen molar-refractivity contribution in [1.29, 1.82) is 0 Å². The summed E-state index contributed by atoms with van der Waals surface area (Å²) in [6.45, 7) is 2.13. The number of halogens is 2. The molecular weight excluding hydrogens is 367 g/mol. The first kappa shape index (κ1) is 21.1. The number of primary amides is 2. The summed E-state index contributed by atoms with van der Waals surface area (Å²) in [4.78, 5) is 22.1. The van der Waals surface area contributed by atoms with Gasteiger partial charge in [-0.05, 0) is 25.0 Å². The van der Waals surface area contributed by atoms with Crippen LogP contribution in [0.4, 0.5) is 0 Å². The molecule has 0 heterocycles. The van der Waals surface area contributed by atoms with Gasteiger partial charge in [0.25, 0.3) is 11.8 Å². The van der Waals surface area contributed by atoms with Crippen LogP contribution in [0.2, 0.25) is 0 Å². The molecule has 0 saturated heterocycles. The third-order valence-electron chi connectivity index (χ3n) is 3.17. The van der Waals surface area contributed by atoms with Crippen LogP contribution >= 0.6 is 23.2 Å². The van der Waals surface area contributed by atoms with Crippen molar-refractivity contribution in [1.82, 2.24) is 0 Å². The summed E-state index contributed by atoms with van der Waals surface area (Å²) in [5, 5.41) is 0. The lowest BCUT2D eigenvalue weighted by Crippen LogP contribution is -2.29. The molecule has 2 atom stereocenters. The highest BCUT2D eigenvalue weighted by Crippen LogP contribution is 2.29. The van der Waals surface area contributed by atoms with E-state index in [1.165, 1.54) is 6.07 Å². The topological polar surface area (TPSA) is 105 Å². The van der Waals surface area contributed by atoms with Gasteiger partial charge in [-0.25, -0.2) is 0 Å². The molecule has 1 rings (SSSR count). The molecule has 0 aliphatic heterocycles. The van der Waals surface area contributed by atoms with E-state index in [9.17, 15) is 9.59 Å². The Morgan fingerprint density at radius 3 is 2.36 bits per heavy atom. The Labute approximate surface area is 157 Å². The molecule has 8 heteroatoms. The van der Waals surface area contributed by atoms with Gasteiger partial charge in [-0.15, -0.1) is 0 Å². The maximum absolute atomic E-state index is 11.1. The standard InChI is InChI=1S/C17H22Cl2N2O4/c1-2-3-4-5-6-7-11-8-9-12(24-14(18)16(20)22)10-13(11)25-15(19)17(21)23/h6-10,14-15H,2-5H2,1H3,(H2,20,22)(H2,21,23)/b7-6+. The van der Waals surface area contributed by atoms with Crippen LogP contribution in [0.1, 0.15) is 38.2 Å². The molecule has 0 spiro atoms. The van der Waals surface area contributed by atoms with Crippen LogP contribution in [0.3, 0.4) is 0 Å². The molecule has 2 unspecified atom stereocenters. The first-order chi connectivity index (χ1) is 11.8. The molecule has 0 aliphatic carbocycles. The Hall–Kier alpha value is -1.92. The van der Waals surface area contributed by atoms with Gasteiger partial charge in [0.2, 0.25) is 11.1 Å². The van der Waals surface area contributed by atoms with Gasteiger partial charge >= 0.3 is 0 Å². The number of benzene rings is 1. The summed E-state index contributed by atoms with van der Waals surface area (Å²) >= 11 is 11.5. The number of amides is 2. The van der Waals surface area contributed by atoms with Crippen molar-refractivity contribution in [2.75, 3.05) is 0 Å². The number of nitrogens with two attached hydrogens (primary N) is 2. The van der Waals surface area contributed by atoms with Crippen LogP contribution in [0, 0.1) is 0 Å². The zero-order valence-corrected chi connectivity index (χ0v) is 15.4. The Bertz CT molecular complexity index is 623. The van der Waals surface area contributed by atoms with E-state index in [0.29, 0.717) is 5.56 Å². The number of alkyl halides is 2. The summed E-state index contributed by atoms with van der Waals surface area (Å²) in [6.07, 6.45) is 8.13. The van der Waals surface area contributed by atoms with Crippen LogP contribution in [-0.4, -0.2) is 22.9 Å². The third kappa shape index (κ3) is 7.67. The van der Waals surface area contributed by atoms with Crippen molar-refractivity contribution >= 4 is 41.1 Å². The van der Waals surface area contributed by atoms with E-state index >= 15 is 0 Å². The molecule has 25 heavy (non-hydrogen) atoms. The number of rotatable bonds is 11. The van der Waals surface area contributed by atoms with Crippen molar-refractivity contribution in [3.8, 4) is 11.5 Å². The van der Waals surface area contributed by atoms with E-state index in [1.807, 2.05) is 12.2 Å². The third-order valence-corrected chi connectivity index (χ3v) is 3.78. The lowest BCUT2D eigenvalue weighted by Gasteiger charge is -2.15. The lowest BCUT2D eigenvalue weighted by atomic mass is 10.1. The van der Waals surface area contributed by atoms with Crippen molar-refractivity contribution < 1.29 is 19.1 Å². The predicted molar refractivity (Wildman–Crippen MR) is 98.5 cm³/mol. The number of carbonyl (C=O) groups is 2. The van der Waals surface area contributed by atoms with Crippen LogP contribution in [-0.2, 0) is 9.59 Å². The molecule has 4 N–H and O–H groups in total. The first-order valence-corrected chi connectivity index (χ1v) is 8.73. The maximum atomic E-state index is 11.1. The molecule has 1 aromatic rings. The molecular formula is C17H22Cl2N2O4. The van der Waals surface area contributed by atoms with E-state index in [4.69, 9.17) is 44.1 Å². The van der Waals surface area contributed by atoms with Gasteiger partial charge in [0.1, 0.15) is 11.5 Å². The molecule has 0 aliphatic rings. The minimum atomic E-state index is -1.34. The van der Waals surface area contributed by atoms with Crippen molar-refractivity contribution in [2.45, 2.75) is 43.7 Å². The number of carbonyl (C=O) groups excluding carboxylic acids is 2. The molecule has 0 radical (unpaired) electrons. The van der Waals surface area contributed by atoms with E-state index in [0.717, 1.165) is 25.7 Å². The fraction of sp³-hybridized carbons (Fsp3) is 0.412. The van der Waals surface area contributed by atoms with E-state index in [1.54, 1.807) is 12.1 Å². The average Bonchev–Trinajstić information content (AvgIpc) is 2.56. The van der Waals surface area contributed by atoms with E-state index in [2.05, 4.69) is 6.92 Å². The SMILES string of the molecule is CCCCC/C=C/c1ccc(OC(Cl)C(N)=O)cc1OC(Cl)C(N)=O. The Balaban J connectivity index is 2.96. The number of ether oxygens (including phenoxy) is 2. The molecule has 0 aromatic heterocycles. The molecule has 138 valence electrons. The lowest BCUT2D eigenvalue weighted by molar-refractivity contribution is -0.122. The summed E-state index contributed by atoms with van der Waals surface area (Å²) < 4.78 is 10.6. The molecule has 1 aromatic carbocycles. The fourth-order valence-electron chi connectivity index (χ4n) is 1.90. The Morgan fingerprint density at radius 1 is 1.12 bits per heavy atom. The summed E-state index contributed by atoms with van der Waals surface area (Å²) in [7, 11) is 0. The van der Waals surface area contributed by atoms with Crippen molar-refractivity contribution in [3.63, 3.8) is 0 Å². The molecule has 0 saturated carbocycles. The highest BCUT2D eigenvalue weighted by atomic mass is 35.5. The predicted octanol–water partition coefficient (Wildman–Crippen LogP) is 3.14. The number of hydrogen-bond donors (Lipinski definition) is 2. The van der Waals surface area contributed by atoms with Gasteiger partial charge in [-0.3, -0.25) is 9.59 Å². The largest absolute Gasteiger partial charge is 0.465 e. The van der Waals surface area contributed by atoms with Gasteiger partial charge in [-0.2, -0.15) is 0 Å². The summed E-state index contributed by atoms with van der Waals surface area (Å²) in [5.41, 5.74) is 8.19. The van der Waals surface area contributed by atoms with Crippen LogP contribution < -0.4 is 20.9 Å².